The van der Waals surface area contributed by atoms with Crippen LogP contribution in [0.4, 0.5) is 10.8 Å². The quantitative estimate of drug-likeness (QED) is 0.828. The summed E-state index contributed by atoms with van der Waals surface area (Å²) in [6.45, 7) is 2.35. The van der Waals surface area contributed by atoms with E-state index >= 15 is 0 Å². The van der Waals surface area contributed by atoms with Gasteiger partial charge in [-0.15, -0.1) is 11.3 Å². The predicted molar refractivity (Wildman–Crippen MR) is 93.6 cm³/mol. The second-order valence-electron chi connectivity index (χ2n) is 5.50. The van der Waals surface area contributed by atoms with Gasteiger partial charge in [-0.2, -0.15) is 0 Å². The first kappa shape index (κ1) is 17.1. The van der Waals surface area contributed by atoms with Crippen molar-refractivity contribution in [2.24, 2.45) is 5.92 Å². The molecule has 0 saturated carbocycles. The van der Waals surface area contributed by atoms with Gasteiger partial charge in [0.05, 0.1) is 18.1 Å². The molecule has 1 aromatic heterocycles. The first-order valence-electron chi connectivity index (χ1n) is 7.86. The maximum absolute atomic E-state index is 12.3. The van der Waals surface area contributed by atoms with Gasteiger partial charge < -0.3 is 15.0 Å². The summed E-state index contributed by atoms with van der Waals surface area (Å²) in [5, 5.41) is 5.02. The maximum Gasteiger partial charge on any atom is 0.338 e. The number of hydrogen-bond acceptors (Lipinski definition) is 6. The number of carbonyl (C=O) groups is 3. The molecule has 1 aromatic carbocycles. The van der Waals surface area contributed by atoms with E-state index in [-0.39, 0.29) is 18.2 Å². The first-order chi connectivity index (χ1) is 12.1. The third kappa shape index (κ3) is 3.85. The van der Waals surface area contributed by atoms with Crippen molar-refractivity contribution in [2.45, 2.75) is 13.3 Å². The molecule has 1 aliphatic rings. The average molecular weight is 359 g/mol. The molecular weight excluding hydrogens is 342 g/mol. The van der Waals surface area contributed by atoms with E-state index in [1.165, 1.54) is 11.3 Å². The Bertz CT molecular complexity index is 774. The SMILES string of the molecule is CCOC(=O)c1ccc(N2C[C@@H](C(=O)Nc3nccs3)CC2=O)cc1. The lowest BCUT2D eigenvalue weighted by Crippen LogP contribution is -2.28. The number of nitrogens with one attached hydrogen (secondary N) is 1. The summed E-state index contributed by atoms with van der Waals surface area (Å²) >= 11 is 1.33. The van der Waals surface area contributed by atoms with Gasteiger partial charge in [-0.1, -0.05) is 0 Å². The first-order valence-corrected chi connectivity index (χ1v) is 8.74. The third-order valence-electron chi connectivity index (χ3n) is 3.85. The highest BCUT2D eigenvalue weighted by molar-refractivity contribution is 7.13. The van der Waals surface area contributed by atoms with Crippen molar-refractivity contribution in [1.82, 2.24) is 4.98 Å². The number of carbonyl (C=O) groups excluding carboxylic acids is 3. The van der Waals surface area contributed by atoms with Gasteiger partial charge >= 0.3 is 5.97 Å². The number of anilines is 2. The van der Waals surface area contributed by atoms with Gasteiger partial charge in [-0.3, -0.25) is 9.59 Å². The molecule has 1 saturated heterocycles. The Hall–Kier alpha value is -2.74. The zero-order chi connectivity index (χ0) is 17.8. The normalized spacial score (nSPS) is 16.8. The molecule has 2 heterocycles. The van der Waals surface area contributed by atoms with E-state index in [4.69, 9.17) is 4.74 Å². The molecule has 1 N–H and O–H groups in total. The summed E-state index contributed by atoms with van der Waals surface area (Å²) in [6.07, 6.45) is 1.76. The zero-order valence-corrected chi connectivity index (χ0v) is 14.4. The van der Waals surface area contributed by atoms with Crippen molar-refractivity contribution in [3.63, 3.8) is 0 Å². The summed E-state index contributed by atoms with van der Waals surface area (Å²) < 4.78 is 4.94. The number of thiazole rings is 1. The number of nitrogens with zero attached hydrogens (tertiary/aromatic N) is 2. The highest BCUT2D eigenvalue weighted by Crippen LogP contribution is 2.26. The summed E-state index contributed by atoms with van der Waals surface area (Å²) in [4.78, 5) is 41.8. The summed E-state index contributed by atoms with van der Waals surface area (Å²) in [7, 11) is 0. The van der Waals surface area contributed by atoms with Crippen LogP contribution < -0.4 is 10.2 Å². The van der Waals surface area contributed by atoms with E-state index in [1.807, 2.05) is 0 Å². The van der Waals surface area contributed by atoms with E-state index in [0.29, 0.717) is 29.5 Å². The topological polar surface area (TPSA) is 88.6 Å². The number of esters is 1. The smallest absolute Gasteiger partial charge is 0.338 e. The number of hydrogen-bond donors (Lipinski definition) is 1. The van der Waals surface area contributed by atoms with Gasteiger partial charge in [0.2, 0.25) is 11.8 Å². The Balaban J connectivity index is 1.66. The van der Waals surface area contributed by atoms with Crippen LogP contribution in [-0.4, -0.2) is 35.9 Å². The second kappa shape index (κ2) is 7.43. The molecule has 2 aromatic rings. The van der Waals surface area contributed by atoms with Crippen LogP contribution in [0, 0.1) is 5.92 Å². The number of rotatable bonds is 5. The van der Waals surface area contributed by atoms with Crippen molar-refractivity contribution in [3.05, 3.63) is 41.4 Å². The number of amides is 2. The van der Waals surface area contributed by atoms with Crippen molar-refractivity contribution in [2.75, 3.05) is 23.4 Å². The Morgan fingerprint density at radius 3 is 2.76 bits per heavy atom. The number of aromatic nitrogens is 1. The molecule has 0 spiro atoms. The van der Waals surface area contributed by atoms with Crippen molar-refractivity contribution >= 4 is 39.9 Å². The lowest BCUT2D eigenvalue weighted by molar-refractivity contribution is -0.122. The van der Waals surface area contributed by atoms with E-state index in [1.54, 1.807) is 47.7 Å². The Morgan fingerprint density at radius 1 is 1.36 bits per heavy atom. The third-order valence-corrected chi connectivity index (χ3v) is 4.54. The van der Waals surface area contributed by atoms with E-state index < -0.39 is 11.9 Å². The minimum atomic E-state index is -0.430. The fourth-order valence-electron chi connectivity index (χ4n) is 2.62. The molecule has 7 nitrogen and oxygen atoms in total. The Labute approximate surface area is 148 Å². The van der Waals surface area contributed by atoms with Crippen molar-refractivity contribution in [1.29, 1.82) is 0 Å². The molecule has 1 fully saturated rings. The standard InChI is InChI=1S/C17H17N3O4S/c1-2-24-16(23)11-3-5-13(6-4-11)20-10-12(9-14(20)21)15(22)19-17-18-7-8-25-17/h3-8,12H,2,9-10H2,1H3,(H,18,19,22)/t12-/m0/s1. The molecule has 8 heteroatoms. The molecule has 1 aliphatic heterocycles. The van der Waals surface area contributed by atoms with Gasteiger partial charge in [0.15, 0.2) is 5.13 Å². The van der Waals surface area contributed by atoms with Gasteiger partial charge in [0.1, 0.15) is 0 Å². The molecule has 0 unspecified atom stereocenters. The maximum atomic E-state index is 12.3. The van der Waals surface area contributed by atoms with E-state index in [9.17, 15) is 14.4 Å². The minimum absolute atomic E-state index is 0.122. The summed E-state index contributed by atoms with van der Waals surface area (Å²) in [6, 6.07) is 6.60. The van der Waals surface area contributed by atoms with Gasteiger partial charge in [0, 0.05) is 30.2 Å². The van der Waals surface area contributed by atoms with E-state index in [0.717, 1.165) is 0 Å². The van der Waals surface area contributed by atoms with Gasteiger partial charge in [-0.25, -0.2) is 9.78 Å². The summed E-state index contributed by atoms with van der Waals surface area (Å²) in [5.41, 5.74) is 1.08. The minimum Gasteiger partial charge on any atom is -0.462 e. The second-order valence-corrected chi connectivity index (χ2v) is 6.39. The summed E-state index contributed by atoms with van der Waals surface area (Å²) in [5.74, 6) is -1.17. The van der Waals surface area contributed by atoms with E-state index in [2.05, 4.69) is 10.3 Å². The van der Waals surface area contributed by atoms with Gasteiger partial charge in [-0.05, 0) is 31.2 Å². The van der Waals surface area contributed by atoms with Gasteiger partial charge in [0.25, 0.3) is 0 Å². The molecular formula is C17H17N3O4S. The zero-order valence-electron chi connectivity index (χ0n) is 13.6. The van der Waals surface area contributed by atoms with Crippen LogP contribution >= 0.6 is 11.3 Å². The number of ether oxygens (including phenoxy) is 1. The Kier molecular flexibility index (Phi) is 5.08. The van der Waals surface area contributed by atoms with Crippen molar-refractivity contribution in [3.8, 4) is 0 Å². The highest BCUT2D eigenvalue weighted by Gasteiger charge is 2.35. The molecule has 0 radical (unpaired) electrons. The molecule has 130 valence electrons. The lowest BCUT2D eigenvalue weighted by Gasteiger charge is -2.17. The molecule has 0 aliphatic carbocycles. The molecule has 2 amide bonds. The Morgan fingerprint density at radius 2 is 2.12 bits per heavy atom. The average Bonchev–Trinajstić information content (AvgIpc) is 3.25. The van der Waals surface area contributed by atoms with Crippen molar-refractivity contribution < 1.29 is 19.1 Å². The molecule has 0 bridgehead atoms. The predicted octanol–water partition coefficient (Wildman–Crippen LogP) is 2.31. The van der Waals surface area contributed by atoms with Crippen LogP contribution in [0.5, 0.6) is 0 Å². The van der Waals surface area contributed by atoms with Crippen LogP contribution in [0.1, 0.15) is 23.7 Å². The van der Waals surface area contributed by atoms with Crippen LogP contribution in [0.25, 0.3) is 0 Å². The molecule has 1 atom stereocenters. The van der Waals surface area contributed by atoms with Crippen LogP contribution in [0.15, 0.2) is 35.8 Å². The highest BCUT2D eigenvalue weighted by atomic mass is 32.1. The lowest BCUT2D eigenvalue weighted by atomic mass is 10.1. The monoisotopic (exact) mass is 359 g/mol. The molecule has 3 rings (SSSR count). The fourth-order valence-corrected chi connectivity index (χ4v) is 3.15. The van der Waals surface area contributed by atoms with Crippen LogP contribution in [0.3, 0.4) is 0 Å². The van der Waals surface area contributed by atoms with Crippen LogP contribution in [0.2, 0.25) is 0 Å². The molecule has 25 heavy (non-hydrogen) atoms. The fraction of sp³-hybridized carbons (Fsp3) is 0.294. The van der Waals surface area contributed by atoms with Crippen LogP contribution in [-0.2, 0) is 14.3 Å². The largest absolute Gasteiger partial charge is 0.462 e. The number of benzene rings is 1.